The lowest BCUT2D eigenvalue weighted by atomic mass is 9.99. The van der Waals surface area contributed by atoms with Gasteiger partial charge in [-0.2, -0.15) is 0 Å². The fourth-order valence-electron chi connectivity index (χ4n) is 6.05. The molecule has 0 saturated carbocycles. The third kappa shape index (κ3) is 15.8. The predicted molar refractivity (Wildman–Crippen MR) is 168 cm³/mol. The third-order valence-electron chi connectivity index (χ3n) is 8.08. The van der Waals surface area contributed by atoms with E-state index in [9.17, 15) is 15.0 Å². The number of unbranched alkanes of at least 4 members (excludes halogenated alkanes) is 11. The second-order valence-corrected chi connectivity index (χ2v) is 19.1. The molecule has 0 spiro atoms. The number of aliphatic hydroxyl groups excluding tert-OH is 2. The number of carbonyl (C=O) groups is 1. The van der Waals surface area contributed by atoms with Crippen LogP contribution in [0.3, 0.4) is 0 Å². The molecule has 0 aliphatic heterocycles. The average molecular weight is 574 g/mol. The number of alkyl carbamates (subject to hydrolysis) is 1. The molecule has 39 heavy (non-hydrogen) atoms. The van der Waals surface area contributed by atoms with Gasteiger partial charge in [0, 0.05) is 0 Å². The van der Waals surface area contributed by atoms with E-state index in [-0.39, 0.29) is 6.61 Å². The van der Waals surface area contributed by atoms with Crippen molar-refractivity contribution in [1.82, 2.24) is 5.32 Å². The number of hydrogen-bond donors (Lipinski definition) is 3. The van der Waals surface area contributed by atoms with E-state index in [0.717, 1.165) is 19.3 Å². The van der Waals surface area contributed by atoms with Crippen LogP contribution < -0.4 is 5.32 Å². The van der Waals surface area contributed by atoms with Gasteiger partial charge in [0.1, 0.15) is 11.7 Å². The standard InChI is InChI=1S/C32H67NO5Si/c1-11-12-13-14-15-16-17-18-19-20-21-22-23-29(34)30(35)28(33-31(36)38-32(8,9)10)24-37-39(25(2)3,26(4)5)27(6)7/h25-30,34-35H,11-24H2,1-10H3,(H,33,36)/t28-,29+,30-/m0/s1. The van der Waals surface area contributed by atoms with Gasteiger partial charge < -0.3 is 24.7 Å². The van der Waals surface area contributed by atoms with Gasteiger partial charge >= 0.3 is 6.09 Å². The second-order valence-electron chi connectivity index (χ2n) is 13.6. The van der Waals surface area contributed by atoms with E-state index in [1.54, 1.807) is 0 Å². The summed E-state index contributed by atoms with van der Waals surface area (Å²) in [6.45, 7) is 21.1. The summed E-state index contributed by atoms with van der Waals surface area (Å²) < 4.78 is 12.2. The van der Waals surface area contributed by atoms with Gasteiger partial charge in [-0.3, -0.25) is 0 Å². The highest BCUT2D eigenvalue weighted by Crippen LogP contribution is 2.42. The Morgan fingerprint density at radius 3 is 1.54 bits per heavy atom. The smallest absolute Gasteiger partial charge is 0.408 e. The summed E-state index contributed by atoms with van der Waals surface area (Å²) in [6.07, 6.45) is 12.9. The van der Waals surface area contributed by atoms with Crippen molar-refractivity contribution in [2.45, 2.75) is 193 Å². The first-order valence-electron chi connectivity index (χ1n) is 16.2. The number of ether oxygens (including phenoxy) is 1. The molecule has 234 valence electrons. The van der Waals surface area contributed by atoms with Crippen molar-refractivity contribution < 1.29 is 24.2 Å². The first kappa shape index (κ1) is 38.4. The molecule has 0 unspecified atom stereocenters. The van der Waals surface area contributed by atoms with Gasteiger partial charge in [0.05, 0.1) is 18.8 Å². The van der Waals surface area contributed by atoms with Gasteiger partial charge in [-0.05, 0) is 43.8 Å². The quantitative estimate of drug-likeness (QED) is 0.0889. The Morgan fingerprint density at radius 1 is 0.744 bits per heavy atom. The zero-order chi connectivity index (χ0) is 30.1. The van der Waals surface area contributed by atoms with Gasteiger partial charge in [0.25, 0.3) is 0 Å². The SMILES string of the molecule is CCCCCCCCCCCCCC[C@@H](O)[C@@H](O)[C@H](CO[Si](C(C)C)(C(C)C)C(C)C)NC(=O)OC(C)(C)C. The highest BCUT2D eigenvalue weighted by Gasteiger charge is 2.46. The molecule has 0 aromatic carbocycles. The molecule has 0 fully saturated rings. The van der Waals surface area contributed by atoms with Crippen LogP contribution >= 0.6 is 0 Å². The second kappa shape index (κ2) is 20.3. The fourth-order valence-corrected chi connectivity index (χ4v) is 11.5. The van der Waals surface area contributed by atoms with Crippen LogP contribution in [0.5, 0.6) is 0 Å². The maximum absolute atomic E-state index is 12.6. The Bertz CT molecular complexity index is 598. The molecule has 0 aromatic rings. The fraction of sp³-hybridized carbons (Fsp3) is 0.969. The summed E-state index contributed by atoms with van der Waals surface area (Å²) in [7, 11) is -2.21. The van der Waals surface area contributed by atoms with Gasteiger partial charge in [-0.1, -0.05) is 126 Å². The van der Waals surface area contributed by atoms with Gasteiger partial charge in [0.15, 0.2) is 8.32 Å². The van der Waals surface area contributed by atoms with Crippen molar-refractivity contribution in [3.63, 3.8) is 0 Å². The Kier molecular flexibility index (Phi) is 19.9. The van der Waals surface area contributed by atoms with E-state index < -0.39 is 38.3 Å². The Balaban J connectivity index is 4.88. The third-order valence-corrected chi connectivity index (χ3v) is 14.2. The van der Waals surface area contributed by atoms with Gasteiger partial charge in [-0.15, -0.1) is 0 Å². The molecule has 7 heteroatoms. The predicted octanol–water partition coefficient (Wildman–Crippen LogP) is 8.88. The molecule has 3 N–H and O–H groups in total. The highest BCUT2D eigenvalue weighted by atomic mass is 28.4. The van der Waals surface area contributed by atoms with Crippen LogP contribution in [0, 0.1) is 0 Å². The Hall–Kier alpha value is -0.633. The van der Waals surface area contributed by atoms with Crippen molar-refractivity contribution in [3.8, 4) is 0 Å². The molecule has 6 nitrogen and oxygen atoms in total. The van der Waals surface area contributed by atoms with Crippen molar-refractivity contribution in [2.24, 2.45) is 0 Å². The molecule has 0 aliphatic rings. The summed E-state index contributed by atoms with van der Waals surface area (Å²) in [5, 5.41) is 24.8. The average Bonchev–Trinajstić information content (AvgIpc) is 2.81. The maximum atomic E-state index is 12.6. The van der Waals surface area contributed by atoms with E-state index in [1.165, 1.54) is 57.8 Å². The zero-order valence-electron chi connectivity index (χ0n) is 27.5. The van der Waals surface area contributed by atoms with Crippen molar-refractivity contribution >= 4 is 14.4 Å². The van der Waals surface area contributed by atoms with Crippen molar-refractivity contribution in [1.29, 1.82) is 0 Å². The highest BCUT2D eigenvalue weighted by molar-refractivity contribution is 6.77. The number of amides is 1. The number of hydrogen-bond acceptors (Lipinski definition) is 5. The van der Waals surface area contributed by atoms with E-state index >= 15 is 0 Å². The minimum atomic E-state index is -2.21. The van der Waals surface area contributed by atoms with E-state index in [1.807, 2.05) is 20.8 Å². The maximum Gasteiger partial charge on any atom is 0.408 e. The number of nitrogens with one attached hydrogen (secondary N) is 1. The van der Waals surface area contributed by atoms with Crippen LogP contribution in [-0.2, 0) is 9.16 Å². The summed E-state index contributed by atoms with van der Waals surface area (Å²) in [4.78, 5) is 12.6. The first-order chi connectivity index (χ1) is 18.2. The summed E-state index contributed by atoms with van der Waals surface area (Å²) in [6, 6.07) is -0.740. The van der Waals surface area contributed by atoms with Crippen LogP contribution in [0.25, 0.3) is 0 Å². The molecular weight excluding hydrogens is 506 g/mol. The first-order valence-corrected chi connectivity index (χ1v) is 18.3. The Morgan fingerprint density at radius 2 is 1.15 bits per heavy atom. The molecule has 0 bridgehead atoms. The van der Waals surface area contributed by atoms with Crippen LogP contribution in [0.1, 0.15) is 153 Å². The molecular formula is C32H67NO5Si. The van der Waals surface area contributed by atoms with E-state index in [0.29, 0.717) is 23.0 Å². The molecule has 0 aromatic heterocycles. The van der Waals surface area contributed by atoms with Gasteiger partial charge in [-0.25, -0.2) is 4.79 Å². The molecule has 0 aliphatic carbocycles. The molecule has 0 rings (SSSR count). The molecule has 0 radical (unpaired) electrons. The van der Waals surface area contributed by atoms with Crippen LogP contribution in [-0.4, -0.2) is 55.1 Å². The largest absolute Gasteiger partial charge is 0.444 e. The van der Waals surface area contributed by atoms with Crippen LogP contribution in [0.4, 0.5) is 4.79 Å². The monoisotopic (exact) mass is 573 g/mol. The molecule has 0 saturated heterocycles. The lowest BCUT2D eigenvalue weighted by molar-refractivity contribution is -0.0239. The van der Waals surface area contributed by atoms with Gasteiger partial charge in [0.2, 0.25) is 0 Å². The number of aliphatic hydroxyl groups is 2. The number of rotatable bonds is 22. The summed E-state index contributed by atoms with van der Waals surface area (Å²) in [5.41, 5.74) is 0.480. The molecule has 1 amide bonds. The minimum Gasteiger partial charge on any atom is -0.444 e. The molecule has 3 atom stereocenters. The van der Waals surface area contributed by atoms with E-state index in [4.69, 9.17) is 9.16 Å². The summed E-state index contributed by atoms with van der Waals surface area (Å²) in [5.74, 6) is 0. The van der Waals surface area contributed by atoms with Crippen LogP contribution in [0.15, 0.2) is 0 Å². The topological polar surface area (TPSA) is 88.0 Å². The Labute approximate surface area is 243 Å². The normalized spacial score (nSPS) is 15.2. The lowest BCUT2D eigenvalue weighted by Gasteiger charge is -2.43. The number of carbonyl (C=O) groups excluding carboxylic acids is 1. The molecule has 0 heterocycles. The summed E-state index contributed by atoms with van der Waals surface area (Å²) >= 11 is 0. The van der Waals surface area contributed by atoms with Crippen LogP contribution in [0.2, 0.25) is 16.6 Å². The van der Waals surface area contributed by atoms with E-state index in [2.05, 4.69) is 53.8 Å². The minimum absolute atomic E-state index is 0.163. The van der Waals surface area contributed by atoms with Crippen molar-refractivity contribution in [2.75, 3.05) is 6.61 Å². The van der Waals surface area contributed by atoms with Crippen molar-refractivity contribution in [3.05, 3.63) is 0 Å². The zero-order valence-corrected chi connectivity index (χ0v) is 28.5. The lowest BCUT2D eigenvalue weighted by Crippen LogP contribution is -2.56.